The fourth-order valence-corrected chi connectivity index (χ4v) is 4.93. The summed E-state index contributed by atoms with van der Waals surface area (Å²) in [5.74, 6) is -1.48. The predicted molar refractivity (Wildman–Crippen MR) is 125 cm³/mol. The first-order valence-electron chi connectivity index (χ1n) is 10.4. The molecule has 0 atom stereocenters. The van der Waals surface area contributed by atoms with Gasteiger partial charge in [0.05, 0.1) is 23.6 Å². The quantitative estimate of drug-likeness (QED) is 0.565. The number of hydrogen-bond acceptors (Lipinski definition) is 7. The minimum atomic E-state index is -0.644. The van der Waals surface area contributed by atoms with Crippen LogP contribution < -0.4 is 11.1 Å². The maximum Gasteiger partial charge on any atom is 0.341 e. The number of amides is 2. The molecule has 3 rings (SSSR count). The third-order valence-electron chi connectivity index (χ3n) is 5.23. The Balaban J connectivity index is 1.57. The number of carbonyl (C=O) groups excluding carboxylic acids is 3. The number of primary amides is 1. The Morgan fingerprint density at radius 1 is 1.19 bits per heavy atom. The molecule has 2 heterocycles. The van der Waals surface area contributed by atoms with Crippen molar-refractivity contribution in [1.29, 1.82) is 0 Å². The van der Waals surface area contributed by atoms with Gasteiger partial charge < -0.3 is 15.8 Å². The van der Waals surface area contributed by atoms with Crippen LogP contribution in [0, 0.1) is 6.92 Å². The van der Waals surface area contributed by atoms with Gasteiger partial charge in [0.1, 0.15) is 5.00 Å². The van der Waals surface area contributed by atoms with Crippen molar-refractivity contribution in [1.82, 2.24) is 9.80 Å². The molecular formula is C22H27ClN4O4S. The van der Waals surface area contributed by atoms with Gasteiger partial charge in [-0.2, -0.15) is 0 Å². The molecule has 32 heavy (non-hydrogen) atoms. The normalized spacial score (nSPS) is 14.8. The van der Waals surface area contributed by atoms with Crippen molar-refractivity contribution in [2.45, 2.75) is 20.4 Å². The van der Waals surface area contributed by atoms with Gasteiger partial charge in [0.15, 0.2) is 0 Å². The van der Waals surface area contributed by atoms with E-state index in [2.05, 4.69) is 21.2 Å². The van der Waals surface area contributed by atoms with Crippen LogP contribution in [0.4, 0.5) is 5.00 Å². The third-order valence-corrected chi connectivity index (χ3v) is 6.69. The van der Waals surface area contributed by atoms with Crippen LogP contribution in [-0.4, -0.2) is 66.9 Å². The van der Waals surface area contributed by atoms with Crippen LogP contribution in [0.5, 0.6) is 0 Å². The van der Waals surface area contributed by atoms with Crippen LogP contribution in [0.2, 0.25) is 5.02 Å². The van der Waals surface area contributed by atoms with Gasteiger partial charge >= 0.3 is 5.97 Å². The topological polar surface area (TPSA) is 105 Å². The van der Waals surface area contributed by atoms with E-state index in [1.165, 1.54) is 0 Å². The van der Waals surface area contributed by atoms with Gasteiger partial charge in [0.25, 0.3) is 5.91 Å². The highest BCUT2D eigenvalue weighted by atomic mass is 35.5. The summed E-state index contributed by atoms with van der Waals surface area (Å²) in [4.78, 5) is 41.3. The van der Waals surface area contributed by atoms with Gasteiger partial charge in [0, 0.05) is 37.7 Å². The van der Waals surface area contributed by atoms with E-state index in [0.717, 1.165) is 54.6 Å². The van der Waals surface area contributed by atoms with Gasteiger partial charge in [-0.15, -0.1) is 11.3 Å². The van der Waals surface area contributed by atoms with Crippen molar-refractivity contribution in [3.05, 3.63) is 50.9 Å². The van der Waals surface area contributed by atoms with Crippen LogP contribution in [0.1, 0.15) is 38.1 Å². The zero-order chi connectivity index (χ0) is 23.3. The summed E-state index contributed by atoms with van der Waals surface area (Å²) in [6.07, 6.45) is 0. The van der Waals surface area contributed by atoms with Gasteiger partial charge in [-0.05, 0) is 37.1 Å². The summed E-state index contributed by atoms with van der Waals surface area (Å²) in [6, 6.07) is 7.82. The van der Waals surface area contributed by atoms with E-state index in [1.54, 1.807) is 13.8 Å². The Morgan fingerprint density at radius 2 is 1.88 bits per heavy atom. The predicted octanol–water partition coefficient (Wildman–Crippen LogP) is 2.74. The number of carbonyl (C=O) groups is 3. The number of nitrogens with two attached hydrogens (primary N) is 1. The van der Waals surface area contributed by atoms with E-state index >= 15 is 0 Å². The zero-order valence-electron chi connectivity index (χ0n) is 18.2. The average Bonchev–Trinajstić information content (AvgIpc) is 3.05. The highest BCUT2D eigenvalue weighted by Gasteiger charge is 2.26. The van der Waals surface area contributed by atoms with Crippen LogP contribution >= 0.6 is 22.9 Å². The molecule has 1 aliphatic heterocycles. The molecule has 0 unspecified atom stereocenters. The van der Waals surface area contributed by atoms with Crippen molar-refractivity contribution in [2.24, 2.45) is 5.73 Å². The Morgan fingerprint density at radius 3 is 2.50 bits per heavy atom. The van der Waals surface area contributed by atoms with Crippen LogP contribution in [0.3, 0.4) is 0 Å². The molecule has 0 bridgehead atoms. The SMILES string of the molecule is CCOC(=O)c1c(NC(=O)CN2CCN(Cc3cccc(Cl)c3)CC2)sc(C(N)=O)c1C. The van der Waals surface area contributed by atoms with Crippen LogP contribution in [-0.2, 0) is 16.1 Å². The van der Waals surface area contributed by atoms with Crippen LogP contribution in [0.25, 0.3) is 0 Å². The van der Waals surface area contributed by atoms with E-state index in [9.17, 15) is 14.4 Å². The fourth-order valence-electron chi connectivity index (χ4n) is 3.65. The molecule has 2 amide bonds. The molecule has 1 aromatic carbocycles. The van der Waals surface area contributed by atoms with Gasteiger partial charge in [-0.1, -0.05) is 23.7 Å². The Labute approximate surface area is 196 Å². The lowest BCUT2D eigenvalue weighted by atomic mass is 10.1. The summed E-state index contributed by atoms with van der Waals surface area (Å²) in [5.41, 5.74) is 7.18. The number of ether oxygens (including phenoxy) is 1. The van der Waals surface area contributed by atoms with E-state index < -0.39 is 11.9 Å². The largest absolute Gasteiger partial charge is 0.462 e. The molecular weight excluding hydrogens is 452 g/mol. The Hall–Kier alpha value is -2.46. The van der Waals surface area contributed by atoms with E-state index in [-0.39, 0.29) is 29.5 Å². The van der Waals surface area contributed by atoms with Crippen molar-refractivity contribution in [2.75, 3.05) is 44.6 Å². The van der Waals surface area contributed by atoms with Crippen molar-refractivity contribution in [3.8, 4) is 0 Å². The molecule has 8 nitrogen and oxygen atoms in total. The molecule has 1 aliphatic rings. The monoisotopic (exact) mass is 478 g/mol. The number of nitrogens with one attached hydrogen (secondary N) is 1. The third kappa shape index (κ3) is 6.07. The summed E-state index contributed by atoms with van der Waals surface area (Å²) in [5, 5.41) is 3.79. The van der Waals surface area contributed by atoms with Gasteiger partial charge in [-0.25, -0.2) is 4.79 Å². The lowest BCUT2D eigenvalue weighted by Gasteiger charge is -2.34. The minimum Gasteiger partial charge on any atom is -0.462 e. The van der Waals surface area contributed by atoms with Crippen molar-refractivity contribution in [3.63, 3.8) is 0 Å². The minimum absolute atomic E-state index is 0.186. The number of halogens is 1. The van der Waals surface area contributed by atoms with E-state index in [0.29, 0.717) is 10.6 Å². The highest BCUT2D eigenvalue weighted by Crippen LogP contribution is 2.33. The van der Waals surface area contributed by atoms with E-state index in [1.807, 2.05) is 18.2 Å². The molecule has 0 spiro atoms. The number of rotatable bonds is 8. The average molecular weight is 479 g/mol. The number of benzene rings is 1. The lowest BCUT2D eigenvalue weighted by molar-refractivity contribution is -0.117. The fraction of sp³-hybridized carbons (Fsp3) is 0.409. The first kappa shape index (κ1) is 24.2. The number of esters is 1. The molecule has 10 heteroatoms. The molecule has 0 radical (unpaired) electrons. The lowest BCUT2D eigenvalue weighted by Crippen LogP contribution is -2.48. The zero-order valence-corrected chi connectivity index (χ0v) is 19.7. The summed E-state index contributed by atoms with van der Waals surface area (Å²) in [7, 11) is 0. The molecule has 3 N–H and O–H groups in total. The first-order valence-corrected chi connectivity index (χ1v) is 11.6. The van der Waals surface area contributed by atoms with Crippen LogP contribution in [0.15, 0.2) is 24.3 Å². The number of anilines is 1. The molecule has 1 aromatic heterocycles. The number of hydrogen-bond donors (Lipinski definition) is 2. The molecule has 172 valence electrons. The number of piperazine rings is 1. The smallest absolute Gasteiger partial charge is 0.341 e. The summed E-state index contributed by atoms with van der Waals surface area (Å²) in [6.45, 7) is 7.66. The summed E-state index contributed by atoms with van der Waals surface area (Å²) >= 11 is 7.06. The maximum atomic E-state index is 12.7. The molecule has 1 saturated heterocycles. The standard InChI is InChI=1S/C22H27ClN4O4S/c1-3-31-22(30)18-14(2)19(20(24)29)32-21(18)25-17(28)13-27-9-7-26(8-10-27)12-15-5-4-6-16(23)11-15/h4-6,11H,3,7-10,12-13H2,1-2H3,(H2,24,29)(H,25,28). The van der Waals surface area contributed by atoms with Crippen molar-refractivity contribution < 1.29 is 19.1 Å². The van der Waals surface area contributed by atoms with Gasteiger partial charge in [0.2, 0.25) is 5.91 Å². The molecule has 0 aliphatic carbocycles. The van der Waals surface area contributed by atoms with E-state index in [4.69, 9.17) is 22.1 Å². The molecule has 0 saturated carbocycles. The first-order chi connectivity index (χ1) is 15.3. The second kappa shape index (κ2) is 10.9. The Kier molecular flexibility index (Phi) is 8.25. The number of nitrogens with zero attached hydrogens (tertiary/aromatic N) is 2. The van der Waals surface area contributed by atoms with Crippen molar-refractivity contribution >= 4 is 45.7 Å². The highest BCUT2D eigenvalue weighted by molar-refractivity contribution is 7.18. The molecule has 2 aromatic rings. The second-order valence-electron chi connectivity index (χ2n) is 7.58. The summed E-state index contributed by atoms with van der Waals surface area (Å²) < 4.78 is 5.08. The van der Waals surface area contributed by atoms with Gasteiger partial charge in [-0.3, -0.25) is 19.4 Å². The Bertz CT molecular complexity index is 1000. The second-order valence-corrected chi connectivity index (χ2v) is 9.03. The molecule has 1 fully saturated rings. The number of thiophene rings is 1. The maximum absolute atomic E-state index is 12.7.